The van der Waals surface area contributed by atoms with E-state index in [-0.39, 0.29) is 82.3 Å². The van der Waals surface area contributed by atoms with E-state index >= 15 is 0 Å². The summed E-state index contributed by atoms with van der Waals surface area (Å²) in [5, 5.41) is 8.94. The Morgan fingerprint density at radius 2 is 0.527 bits per heavy atom. The van der Waals surface area contributed by atoms with E-state index in [9.17, 15) is 52.7 Å². The van der Waals surface area contributed by atoms with Gasteiger partial charge in [0.2, 0.25) is 0 Å². The Balaban J connectivity index is 0.00000107. The Bertz CT molecular complexity index is 2570. The first-order valence-electron chi connectivity index (χ1n) is 32.3. The van der Waals surface area contributed by atoms with Gasteiger partial charge in [0, 0.05) is 0 Å². The molecule has 0 amide bonds. The lowest BCUT2D eigenvalue weighted by atomic mass is 10.00. The van der Waals surface area contributed by atoms with Gasteiger partial charge in [-0.2, -0.15) is 0 Å². The lowest BCUT2D eigenvalue weighted by Crippen LogP contribution is -2.39. The second-order valence-electron chi connectivity index (χ2n) is 33.9. The number of aliphatic carboxylic acids is 1. The second-order valence-corrected chi connectivity index (χ2v) is 33.9. The van der Waals surface area contributed by atoms with Gasteiger partial charge in [-0.1, -0.05) is 41.5 Å². The minimum Gasteiger partial charge on any atom is -0.480 e. The third kappa shape index (κ3) is 28.6. The van der Waals surface area contributed by atoms with Gasteiger partial charge >= 0.3 is 65.7 Å². The smallest absolute Gasteiger partial charge is 0.324 e. The van der Waals surface area contributed by atoms with E-state index in [2.05, 4.69) is 30.2 Å². The number of methoxy groups -OCH3 is 3. The fraction of sp³-hybridized carbons (Fsp3) is 0.845. The summed E-state index contributed by atoms with van der Waals surface area (Å²) in [5.74, 6) is -2.90. The van der Waals surface area contributed by atoms with E-state index in [1.165, 1.54) is 21.3 Å². The predicted octanol–water partition coefficient (Wildman–Crippen LogP) is 12.9. The molecule has 0 spiro atoms. The number of carboxylic acids is 1. The highest BCUT2D eigenvalue weighted by molar-refractivity contribution is 6.04. The molecule has 93 heavy (non-hydrogen) atoms. The van der Waals surface area contributed by atoms with E-state index in [1.54, 1.807) is 111 Å². The van der Waals surface area contributed by atoms with Crippen molar-refractivity contribution in [1.82, 2.24) is 0 Å². The molecule has 0 heterocycles. The number of carbonyl (C=O) groups is 11. The van der Waals surface area contributed by atoms with E-state index in [0.717, 1.165) is 19.3 Å². The number of esters is 10. The molecule has 0 radical (unpaired) electrons. The second kappa shape index (κ2) is 31.4. The van der Waals surface area contributed by atoms with Crippen LogP contribution in [0, 0.1) is 68.0 Å². The van der Waals surface area contributed by atoms with Crippen LogP contribution in [-0.4, -0.2) is 131 Å². The van der Waals surface area contributed by atoms with E-state index in [0.29, 0.717) is 37.0 Å². The van der Waals surface area contributed by atoms with Crippen LogP contribution in [0.1, 0.15) is 259 Å². The molecule has 538 valence electrons. The van der Waals surface area contributed by atoms with Gasteiger partial charge in [0.05, 0.1) is 49.4 Å². The van der Waals surface area contributed by atoms with Gasteiger partial charge in [0.25, 0.3) is 0 Å². The van der Waals surface area contributed by atoms with Crippen molar-refractivity contribution in [2.75, 3.05) is 21.3 Å². The van der Waals surface area contributed by atoms with Crippen molar-refractivity contribution >= 4 is 65.7 Å². The third-order valence-electron chi connectivity index (χ3n) is 16.5. The first-order chi connectivity index (χ1) is 41.3. The number of carboxylic acid groups (broad SMARTS) is 1. The average molecular weight is 1330 g/mol. The van der Waals surface area contributed by atoms with Crippen molar-refractivity contribution < 1.29 is 105 Å². The first kappa shape index (κ1) is 87.2. The predicted molar refractivity (Wildman–Crippen MR) is 348 cm³/mol. The van der Waals surface area contributed by atoms with Crippen LogP contribution in [0.15, 0.2) is 0 Å². The van der Waals surface area contributed by atoms with Crippen LogP contribution in [0.4, 0.5) is 0 Å². The van der Waals surface area contributed by atoms with Gasteiger partial charge in [-0.3, -0.25) is 52.7 Å². The normalized spacial score (nSPS) is 28.1. The Hall–Kier alpha value is -5.83. The van der Waals surface area contributed by atoms with Crippen molar-refractivity contribution in [3.63, 3.8) is 0 Å². The number of ether oxygens (including phenoxy) is 10. The highest BCUT2D eigenvalue weighted by Crippen LogP contribution is 2.58. The number of hydrogen-bond donors (Lipinski definition) is 1. The SMILES string of the molecule is CC(C)(C)OC(=O)CC(=O)OC(C)(C)C.CC1CC1(C(=O)O)C(=O)OC(C)(C)C.CC1CC1(C(=O)OC(C)(C)C)C(=O)OC(C)(C)C.CC1CC1(C)C(=O)OC(C)(C)C.COC(=O)C1(C)CC1C.COC(=O)C1(CC(=O)OC(C)(C)C)CC1C.COC(=O)[C@@]1(C)C[C@H]1C. The highest BCUT2D eigenvalue weighted by Gasteiger charge is 2.68. The van der Waals surface area contributed by atoms with Crippen LogP contribution in [0.3, 0.4) is 0 Å². The molecule has 0 aliphatic heterocycles. The minimum absolute atomic E-state index is 0.0119. The zero-order valence-electron chi connectivity index (χ0n) is 63.1. The Morgan fingerprint density at radius 1 is 0.312 bits per heavy atom. The number of rotatable bonds is 12. The van der Waals surface area contributed by atoms with Crippen molar-refractivity contribution in [1.29, 1.82) is 0 Å². The standard InChI is InChI=1S/C14H24O4.C12H20O4.C11H20O4.C10H16O4.C10H18O2.2C7H12O2/c1-9-8-14(9,10(15)17-12(2,3)4)11(16)18-13(5,6)7;1-8-6-12(8,10(14)15-5)7-9(13)16-11(2,3)4;1-10(2,3)14-8(12)7-9(13)15-11(4,5)6;1-6-5-10(6,7(11)12)8(13)14-9(2,3)4;1-7-6-10(7,5)8(11)12-9(2,3)4;2*1-5-4-7(5,2)6(8)9-3/h9H,8H2,1-7H3;8H,6-7H2,1-5H3;7H2,1-6H3;6H,5H2,1-4H3,(H,11,12);7H,6H2,1-5H3;2*5H,4H2,1-3H3/t;;;;;5-,7+;/m.....1./s1. The zero-order chi connectivity index (χ0) is 74.0. The van der Waals surface area contributed by atoms with E-state index in [4.69, 9.17) is 43.0 Å². The first-order valence-corrected chi connectivity index (χ1v) is 32.3. The summed E-state index contributed by atoms with van der Waals surface area (Å²) in [7, 11) is 4.24. The fourth-order valence-electron chi connectivity index (χ4n) is 9.53. The molecule has 0 aromatic heterocycles. The molecular weight excluding hydrogens is 1200 g/mol. The van der Waals surface area contributed by atoms with Gasteiger partial charge in [-0.05, 0) is 240 Å². The largest absolute Gasteiger partial charge is 0.480 e. The van der Waals surface area contributed by atoms with Crippen LogP contribution < -0.4 is 0 Å². The van der Waals surface area contributed by atoms with E-state index < -0.39 is 85.7 Å². The van der Waals surface area contributed by atoms with Crippen LogP contribution in [0.25, 0.3) is 0 Å². The van der Waals surface area contributed by atoms with Crippen molar-refractivity contribution in [2.24, 2.45) is 68.0 Å². The fourth-order valence-corrected chi connectivity index (χ4v) is 9.53. The lowest BCUT2D eigenvalue weighted by molar-refractivity contribution is -0.178. The van der Waals surface area contributed by atoms with Gasteiger partial charge in [-0.15, -0.1) is 0 Å². The Kier molecular flexibility index (Phi) is 29.4. The molecule has 22 heteroatoms. The van der Waals surface area contributed by atoms with Gasteiger partial charge in [0.1, 0.15) is 45.6 Å². The molecule has 0 aromatic rings. The lowest BCUT2D eigenvalue weighted by Gasteiger charge is -2.26. The summed E-state index contributed by atoms with van der Waals surface area (Å²) < 4.78 is 50.2. The Labute approximate surface area is 556 Å². The van der Waals surface area contributed by atoms with Crippen molar-refractivity contribution in [2.45, 2.75) is 298 Å². The Morgan fingerprint density at radius 3 is 0.710 bits per heavy atom. The third-order valence-corrected chi connectivity index (χ3v) is 16.5. The topological polar surface area (TPSA) is 300 Å². The van der Waals surface area contributed by atoms with Crippen LogP contribution in [0.2, 0.25) is 0 Å². The van der Waals surface area contributed by atoms with Crippen molar-refractivity contribution in [3.05, 3.63) is 0 Å². The van der Waals surface area contributed by atoms with E-state index in [1.807, 2.05) is 76.2 Å². The summed E-state index contributed by atoms with van der Waals surface area (Å²) in [6.45, 7) is 55.2. The highest BCUT2D eigenvalue weighted by atomic mass is 16.6. The van der Waals surface area contributed by atoms with Gasteiger partial charge in [0.15, 0.2) is 10.8 Å². The molecule has 22 nitrogen and oxygen atoms in total. The summed E-state index contributed by atoms with van der Waals surface area (Å²) in [6.07, 6.45) is 4.33. The van der Waals surface area contributed by atoms with Crippen LogP contribution >= 0.6 is 0 Å². The molecule has 1 N–H and O–H groups in total. The summed E-state index contributed by atoms with van der Waals surface area (Å²) in [4.78, 5) is 126. The van der Waals surface area contributed by atoms with Crippen LogP contribution in [0.5, 0.6) is 0 Å². The summed E-state index contributed by atoms with van der Waals surface area (Å²) >= 11 is 0. The molecular formula is C71H122O22. The average Bonchev–Trinajstić information content (AvgIpc) is 1.60. The maximum Gasteiger partial charge on any atom is 0.324 e. The number of hydrogen-bond acceptors (Lipinski definition) is 21. The maximum absolute atomic E-state index is 12.2. The van der Waals surface area contributed by atoms with Crippen LogP contribution in [-0.2, 0) is 100 Å². The summed E-state index contributed by atoms with van der Waals surface area (Å²) in [6, 6.07) is 0. The molecule has 6 rings (SSSR count). The maximum atomic E-state index is 12.2. The quantitative estimate of drug-likeness (QED) is 0.108. The van der Waals surface area contributed by atoms with Gasteiger partial charge < -0.3 is 52.5 Å². The number of carbonyl (C=O) groups excluding carboxylic acids is 10. The molecule has 11 atom stereocenters. The molecule has 6 aliphatic rings. The molecule has 6 saturated carbocycles. The molecule has 0 saturated heterocycles. The molecule has 0 aromatic carbocycles. The van der Waals surface area contributed by atoms with Crippen molar-refractivity contribution in [3.8, 4) is 0 Å². The molecule has 6 aliphatic carbocycles. The molecule has 6 fully saturated rings. The zero-order valence-corrected chi connectivity index (χ0v) is 63.1. The molecule has 0 bridgehead atoms. The minimum atomic E-state index is -1.27. The summed E-state index contributed by atoms with van der Waals surface area (Å²) in [5.41, 5.74) is -7.25. The van der Waals surface area contributed by atoms with Gasteiger partial charge in [-0.25, -0.2) is 0 Å². The monoisotopic (exact) mass is 1330 g/mol. The molecule has 9 unspecified atom stereocenters.